The minimum atomic E-state index is -1.00. The van der Waals surface area contributed by atoms with Crippen molar-refractivity contribution in [2.24, 2.45) is 0 Å². The summed E-state index contributed by atoms with van der Waals surface area (Å²) in [6.07, 6.45) is 1.02. The third-order valence-electron chi connectivity index (χ3n) is 4.51. The number of pyridine rings is 1. The van der Waals surface area contributed by atoms with Gasteiger partial charge in [0, 0.05) is 25.8 Å². The molecule has 3 rings (SSSR count). The van der Waals surface area contributed by atoms with Crippen molar-refractivity contribution in [1.29, 1.82) is 0 Å². The zero-order chi connectivity index (χ0) is 20.3. The molecule has 148 valence electrons. The van der Waals surface area contributed by atoms with Crippen molar-refractivity contribution in [3.8, 4) is 0 Å². The van der Waals surface area contributed by atoms with Crippen molar-refractivity contribution in [3.63, 3.8) is 0 Å². The van der Waals surface area contributed by atoms with Crippen LogP contribution in [-0.4, -0.2) is 52.3 Å². The largest absolute Gasteiger partial charge is 0.478 e. The lowest BCUT2D eigenvalue weighted by atomic mass is 10.0. The number of hydrogen-bond donors (Lipinski definition) is 1. The predicted molar refractivity (Wildman–Crippen MR) is 106 cm³/mol. The van der Waals surface area contributed by atoms with E-state index in [0.29, 0.717) is 25.5 Å². The summed E-state index contributed by atoms with van der Waals surface area (Å²) < 4.78 is 5.60. The van der Waals surface area contributed by atoms with Gasteiger partial charge in [0.25, 0.3) is 0 Å². The van der Waals surface area contributed by atoms with Crippen LogP contribution in [0.5, 0.6) is 0 Å². The van der Waals surface area contributed by atoms with Crippen LogP contribution in [-0.2, 0) is 4.74 Å². The van der Waals surface area contributed by atoms with Crippen molar-refractivity contribution in [2.45, 2.75) is 32.4 Å². The van der Waals surface area contributed by atoms with Crippen LogP contribution in [0.25, 0.3) is 0 Å². The number of hydrogen-bond acceptors (Lipinski definition) is 5. The lowest BCUT2D eigenvalue weighted by molar-refractivity contribution is 0.0137. The number of carboxylic acid groups (broad SMARTS) is 1. The molecule has 7 heteroatoms. The number of carbonyl (C=O) groups excluding carboxylic acids is 1. The summed E-state index contributed by atoms with van der Waals surface area (Å²) in [6.45, 7) is 7.17. The number of benzene rings is 1. The topological polar surface area (TPSA) is 83.0 Å². The number of aromatic nitrogens is 1. The third kappa shape index (κ3) is 4.60. The Morgan fingerprint density at radius 2 is 1.82 bits per heavy atom. The number of rotatable bonds is 3. The number of nitrogens with zero attached hydrogens (tertiary/aromatic N) is 3. The SMILES string of the molecule is CC(C)(C)OC(=O)N1CCN(c2ccc(C(=O)O)cn2)C[C@@H]1c1ccccc1. The maximum Gasteiger partial charge on any atom is 0.410 e. The number of aromatic carboxylic acids is 1. The molecule has 0 radical (unpaired) electrons. The highest BCUT2D eigenvalue weighted by Gasteiger charge is 2.34. The molecule has 0 unspecified atom stereocenters. The summed E-state index contributed by atoms with van der Waals surface area (Å²) in [5.41, 5.74) is 0.597. The number of piperazine rings is 1. The van der Waals surface area contributed by atoms with Gasteiger partial charge < -0.3 is 14.7 Å². The highest BCUT2D eigenvalue weighted by Crippen LogP contribution is 2.29. The van der Waals surface area contributed by atoms with E-state index in [1.807, 2.05) is 51.1 Å². The van der Waals surface area contributed by atoms with E-state index in [1.54, 1.807) is 17.0 Å². The van der Waals surface area contributed by atoms with Gasteiger partial charge >= 0.3 is 12.1 Å². The van der Waals surface area contributed by atoms with Crippen molar-refractivity contribution in [2.75, 3.05) is 24.5 Å². The molecule has 1 saturated heterocycles. The second-order valence-electron chi connectivity index (χ2n) is 7.76. The molecule has 1 fully saturated rings. The molecule has 2 aromatic rings. The maximum absolute atomic E-state index is 12.8. The Bertz CT molecular complexity index is 831. The van der Waals surface area contributed by atoms with E-state index in [-0.39, 0.29) is 17.7 Å². The first-order valence-electron chi connectivity index (χ1n) is 9.23. The van der Waals surface area contributed by atoms with E-state index < -0.39 is 11.6 Å². The fourth-order valence-corrected chi connectivity index (χ4v) is 3.19. The van der Waals surface area contributed by atoms with E-state index in [4.69, 9.17) is 9.84 Å². The molecular weight excluding hydrogens is 358 g/mol. The zero-order valence-corrected chi connectivity index (χ0v) is 16.3. The molecule has 0 bridgehead atoms. The Balaban J connectivity index is 1.84. The van der Waals surface area contributed by atoms with E-state index in [0.717, 1.165) is 5.56 Å². The number of ether oxygens (including phenoxy) is 1. The normalized spacial score (nSPS) is 17.3. The van der Waals surface area contributed by atoms with Gasteiger partial charge in [-0.05, 0) is 38.5 Å². The van der Waals surface area contributed by atoms with Crippen LogP contribution < -0.4 is 4.90 Å². The van der Waals surface area contributed by atoms with Crippen LogP contribution in [0, 0.1) is 0 Å². The molecule has 0 saturated carbocycles. The summed E-state index contributed by atoms with van der Waals surface area (Å²) in [6, 6.07) is 12.9. The quantitative estimate of drug-likeness (QED) is 0.872. The molecule has 1 aromatic carbocycles. The predicted octanol–water partition coefficient (Wildman–Crippen LogP) is 3.58. The van der Waals surface area contributed by atoms with Gasteiger partial charge in [-0.2, -0.15) is 0 Å². The highest BCUT2D eigenvalue weighted by atomic mass is 16.6. The number of amides is 1. The first kappa shape index (κ1) is 19.7. The minimum absolute atomic E-state index is 0.149. The first-order valence-corrected chi connectivity index (χ1v) is 9.23. The fourth-order valence-electron chi connectivity index (χ4n) is 3.19. The number of anilines is 1. The van der Waals surface area contributed by atoms with Gasteiger partial charge in [0.15, 0.2) is 0 Å². The molecule has 2 heterocycles. The summed E-state index contributed by atoms with van der Waals surface area (Å²) >= 11 is 0. The van der Waals surface area contributed by atoms with E-state index in [9.17, 15) is 9.59 Å². The van der Waals surface area contributed by atoms with Gasteiger partial charge in [-0.25, -0.2) is 14.6 Å². The second-order valence-corrected chi connectivity index (χ2v) is 7.76. The Labute approximate surface area is 164 Å². The Hall–Kier alpha value is -3.09. The lowest BCUT2D eigenvalue weighted by Gasteiger charge is -2.42. The van der Waals surface area contributed by atoms with Gasteiger partial charge in [0.1, 0.15) is 11.4 Å². The van der Waals surface area contributed by atoms with Crippen LogP contribution in [0.4, 0.5) is 10.6 Å². The van der Waals surface area contributed by atoms with Crippen LogP contribution in [0.3, 0.4) is 0 Å². The smallest absolute Gasteiger partial charge is 0.410 e. The zero-order valence-electron chi connectivity index (χ0n) is 16.3. The minimum Gasteiger partial charge on any atom is -0.478 e. The van der Waals surface area contributed by atoms with Gasteiger partial charge in [-0.15, -0.1) is 0 Å². The molecule has 1 N–H and O–H groups in total. The Morgan fingerprint density at radius 3 is 2.39 bits per heavy atom. The van der Waals surface area contributed by atoms with E-state index in [2.05, 4.69) is 9.88 Å². The van der Waals surface area contributed by atoms with E-state index in [1.165, 1.54) is 6.20 Å². The summed E-state index contributed by atoms with van der Waals surface area (Å²) in [7, 11) is 0. The highest BCUT2D eigenvalue weighted by molar-refractivity contribution is 5.87. The average molecular weight is 383 g/mol. The van der Waals surface area contributed by atoms with Gasteiger partial charge in [-0.1, -0.05) is 30.3 Å². The van der Waals surface area contributed by atoms with Gasteiger partial charge in [0.05, 0.1) is 11.6 Å². The first-order chi connectivity index (χ1) is 13.2. The van der Waals surface area contributed by atoms with Crippen molar-refractivity contribution in [3.05, 3.63) is 59.8 Å². The van der Waals surface area contributed by atoms with Crippen LogP contribution in [0.15, 0.2) is 48.7 Å². The molecular formula is C21H25N3O4. The summed E-state index contributed by atoms with van der Waals surface area (Å²) in [4.78, 5) is 31.9. The number of carboxylic acids is 1. The van der Waals surface area contributed by atoms with Gasteiger partial charge in [0.2, 0.25) is 0 Å². The third-order valence-corrected chi connectivity index (χ3v) is 4.51. The molecule has 28 heavy (non-hydrogen) atoms. The molecule has 7 nitrogen and oxygen atoms in total. The molecule has 0 aliphatic carbocycles. The average Bonchev–Trinajstić information content (AvgIpc) is 2.67. The standard InChI is InChI=1S/C21H25N3O4/c1-21(2,3)28-20(27)24-12-11-23(14-17(24)15-7-5-4-6-8-15)18-10-9-16(13-22-18)19(25)26/h4-10,13,17H,11-12,14H2,1-3H3,(H,25,26)/t17-/m1/s1. The molecule has 0 spiro atoms. The second kappa shape index (κ2) is 7.88. The van der Waals surface area contributed by atoms with E-state index >= 15 is 0 Å². The lowest BCUT2D eigenvalue weighted by Crippen LogP contribution is -2.52. The molecule has 1 amide bonds. The number of carbonyl (C=O) groups is 2. The fraction of sp³-hybridized carbons (Fsp3) is 0.381. The molecule has 1 aromatic heterocycles. The van der Waals surface area contributed by atoms with Crippen molar-refractivity contribution in [1.82, 2.24) is 9.88 Å². The Morgan fingerprint density at radius 1 is 1.11 bits per heavy atom. The molecule has 1 atom stereocenters. The summed E-state index contributed by atoms with van der Waals surface area (Å²) in [5.74, 6) is -0.314. The van der Waals surface area contributed by atoms with Crippen LogP contribution in [0.1, 0.15) is 42.7 Å². The molecule has 1 aliphatic rings. The Kier molecular flexibility index (Phi) is 5.53. The maximum atomic E-state index is 12.8. The van der Waals surface area contributed by atoms with Crippen LogP contribution in [0.2, 0.25) is 0 Å². The summed E-state index contributed by atoms with van der Waals surface area (Å²) in [5, 5.41) is 9.05. The monoisotopic (exact) mass is 383 g/mol. The van der Waals surface area contributed by atoms with Crippen molar-refractivity contribution >= 4 is 17.9 Å². The van der Waals surface area contributed by atoms with Crippen LogP contribution >= 0.6 is 0 Å². The van der Waals surface area contributed by atoms with Gasteiger partial charge in [-0.3, -0.25) is 4.90 Å². The van der Waals surface area contributed by atoms with Crippen molar-refractivity contribution < 1.29 is 19.4 Å². The molecule has 1 aliphatic heterocycles.